The molecule has 0 saturated carbocycles. The number of hydrogen-bond donors (Lipinski definition) is 0. The molecule has 0 spiro atoms. The van der Waals surface area contributed by atoms with E-state index in [1.165, 1.54) is 28.3 Å². The number of allylic oxidation sites excluding steroid dienone is 6. The first-order chi connectivity index (χ1) is 17.1. The molecule has 0 atom stereocenters. The zero-order chi connectivity index (χ0) is 24.4. The van der Waals surface area contributed by atoms with Crippen molar-refractivity contribution in [3.63, 3.8) is 0 Å². The van der Waals surface area contributed by atoms with Gasteiger partial charge >= 0.3 is 0 Å². The van der Waals surface area contributed by atoms with Gasteiger partial charge < -0.3 is 4.57 Å². The summed E-state index contributed by atoms with van der Waals surface area (Å²) in [5.41, 5.74) is 2.49. The molecule has 0 bridgehead atoms. The summed E-state index contributed by atoms with van der Waals surface area (Å²) in [5, 5.41) is 28.0. The van der Waals surface area contributed by atoms with Crippen molar-refractivity contribution in [1.82, 2.24) is 4.57 Å². The van der Waals surface area contributed by atoms with Crippen LogP contribution in [0.4, 0.5) is 4.39 Å². The third kappa shape index (κ3) is 4.14. The lowest BCUT2D eigenvalue weighted by Crippen LogP contribution is -1.98. The second-order valence-electron chi connectivity index (χ2n) is 7.66. The van der Waals surface area contributed by atoms with E-state index in [1.54, 1.807) is 41.7 Å². The first-order valence-electron chi connectivity index (χ1n) is 10.6. The molecule has 0 fully saturated rings. The minimum absolute atomic E-state index is 0.0620. The molecule has 0 saturated heterocycles. The lowest BCUT2D eigenvalue weighted by Gasteiger charge is -2.12. The highest BCUT2D eigenvalue weighted by Crippen LogP contribution is 2.41. The zero-order valence-corrected chi connectivity index (χ0v) is 19.8. The Labute approximate surface area is 209 Å². The maximum atomic E-state index is 13.7. The van der Waals surface area contributed by atoms with Crippen LogP contribution in [0.25, 0.3) is 32.4 Å². The van der Waals surface area contributed by atoms with Crippen molar-refractivity contribution in [3.8, 4) is 45.0 Å². The molecule has 0 amide bonds. The van der Waals surface area contributed by atoms with Crippen LogP contribution in [0.5, 0.6) is 0 Å². The van der Waals surface area contributed by atoms with E-state index < -0.39 is 0 Å². The van der Waals surface area contributed by atoms with Crippen LogP contribution < -0.4 is 0 Å². The predicted molar refractivity (Wildman–Crippen MR) is 137 cm³/mol. The van der Waals surface area contributed by atoms with Gasteiger partial charge in [0, 0.05) is 21.4 Å². The molecule has 1 aliphatic rings. The van der Waals surface area contributed by atoms with Gasteiger partial charge in [-0.05, 0) is 60.7 Å². The number of aromatic nitrogens is 1. The van der Waals surface area contributed by atoms with Crippen molar-refractivity contribution in [2.24, 2.45) is 0 Å². The Morgan fingerprint density at radius 2 is 1.37 bits per heavy atom. The van der Waals surface area contributed by atoms with Gasteiger partial charge in [0.25, 0.3) is 0 Å². The third-order valence-electron chi connectivity index (χ3n) is 5.61. The van der Waals surface area contributed by atoms with E-state index in [0.29, 0.717) is 4.88 Å². The van der Waals surface area contributed by atoms with Gasteiger partial charge in [-0.2, -0.15) is 15.8 Å². The molecule has 1 aromatic carbocycles. The number of rotatable bonds is 5. The molecule has 5 rings (SSSR count). The van der Waals surface area contributed by atoms with Crippen LogP contribution in [0.3, 0.4) is 0 Å². The number of nitriles is 3. The van der Waals surface area contributed by atoms with E-state index >= 15 is 0 Å². The standard InChI is InChI=1S/C28H15FN4S2/c29-20-5-7-21(8-6-20)33-23(27-13-11-25(34-27)18-3-1-2-4-18)9-10-24(33)28-14-12-26(35-28)22(17-32)19(15-30)16-31/h1-14,18H. The normalized spacial score (nSPS) is 12.3. The molecule has 0 radical (unpaired) electrons. The number of hydrogen-bond acceptors (Lipinski definition) is 5. The second-order valence-corrected chi connectivity index (χ2v) is 9.86. The van der Waals surface area contributed by atoms with Crippen LogP contribution in [0.2, 0.25) is 0 Å². The van der Waals surface area contributed by atoms with Crippen LogP contribution in [0.15, 0.2) is 90.5 Å². The Bertz CT molecular complexity index is 1610. The van der Waals surface area contributed by atoms with Crippen molar-refractivity contribution in [3.05, 3.63) is 106 Å². The van der Waals surface area contributed by atoms with Crippen LogP contribution >= 0.6 is 22.7 Å². The van der Waals surface area contributed by atoms with E-state index in [1.807, 2.05) is 36.4 Å². The van der Waals surface area contributed by atoms with Gasteiger partial charge in [-0.25, -0.2) is 4.39 Å². The lowest BCUT2D eigenvalue weighted by atomic mass is 10.1. The largest absolute Gasteiger partial charge is 0.308 e. The highest BCUT2D eigenvalue weighted by atomic mass is 32.1. The van der Waals surface area contributed by atoms with E-state index in [4.69, 9.17) is 0 Å². The van der Waals surface area contributed by atoms with Gasteiger partial charge in [-0.15, -0.1) is 22.7 Å². The van der Waals surface area contributed by atoms with Gasteiger partial charge in [-0.1, -0.05) is 24.3 Å². The molecule has 3 heterocycles. The molecule has 1 aliphatic carbocycles. The van der Waals surface area contributed by atoms with Crippen molar-refractivity contribution in [2.45, 2.75) is 5.92 Å². The first-order valence-corrected chi connectivity index (χ1v) is 12.2. The van der Waals surface area contributed by atoms with E-state index in [2.05, 4.69) is 28.9 Å². The average molecular weight is 491 g/mol. The fourth-order valence-electron chi connectivity index (χ4n) is 3.96. The van der Waals surface area contributed by atoms with Gasteiger partial charge in [-0.3, -0.25) is 0 Å². The minimum atomic E-state index is -0.315. The second kappa shape index (κ2) is 9.41. The SMILES string of the molecule is N#CC(C#N)=C(C#N)c1ccc(-c2ccc(-c3ccc(C4C=CC=C4)s3)n2-c2ccc(F)cc2)s1. The molecular formula is C28H15FN4S2. The molecule has 7 heteroatoms. The average Bonchev–Trinajstić information content (AvgIpc) is 3.68. The fraction of sp³-hybridized carbons (Fsp3) is 0.0357. The van der Waals surface area contributed by atoms with Crippen LogP contribution in [-0.4, -0.2) is 4.57 Å². The predicted octanol–water partition coefficient (Wildman–Crippen LogP) is 7.61. The zero-order valence-electron chi connectivity index (χ0n) is 18.1. The minimum Gasteiger partial charge on any atom is -0.308 e. The first kappa shape index (κ1) is 22.3. The Morgan fingerprint density at radius 1 is 0.743 bits per heavy atom. The van der Waals surface area contributed by atoms with Crippen LogP contribution in [0.1, 0.15) is 15.7 Å². The number of halogens is 1. The van der Waals surface area contributed by atoms with Crippen molar-refractivity contribution >= 4 is 28.2 Å². The number of benzene rings is 1. The molecule has 3 aromatic heterocycles. The molecular weight excluding hydrogens is 475 g/mol. The molecule has 0 unspecified atom stereocenters. The van der Waals surface area contributed by atoms with Crippen molar-refractivity contribution in [1.29, 1.82) is 15.8 Å². The summed E-state index contributed by atoms with van der Waals surface area (Å²) in [7, 11) is 0. The Morgan fingerprint density at radius 3 is 2.00 bits per heavy atom. The summed E-state index contributed by atoms with van der Waals surface area (Å²) in [6.07, 6.45) is 8.41. The maximum Gasteiger partial charge on any atom is 0.148 e. The van der Waals surface area contributed by atoms with Gasteiger partial charge in [0.2, 0.25) is 0 Å². The summed E-state index contributed by atoms with van der Waals surface area (Å²) in [4.78, 5) is 3.72. The monoisotopic (exact) mass is 490 g/mol. The van der Waals surface area contributed by atoms with E-state index in [9.17, 15) is 20.2 Å². The highest BCUT2D eigenvalue weighted by molar-refractivity contribution is 7.16. The Balaban J connectivity index is 1.64. The summed E-state index contributed by atoms with van der Waals surface area (Å²) >= 11 is 3.04. The van der Waals surface area contributed by atoms with E-state index in [0.717, 1.165) is 26.8 Å². The topological polar surface area (TPSA) is 76.3 Å². The molecule has 0 N–H and O–H groups in total. The van der Waals surface area contributed by atoms with Crippen molar-refractivity contribution < 1.29 is 4.39 Å². The molecule has 35 heavy (non-hydrogen) atoms. The number of thiophene rings is 2. The van der Waals surface area contributed by atoms with E-state index in [-0.39, 0.29) is 22.9 Å². The summed E-state index contributed by atoms with van der Waals surface area (Å²) in [5.74, 6) is -0.0436. The Kier molecular flexibility index (Phi) is 6.00. The molecule has 0 aliphatic heterocycles. The third-order valence-corrected chi connectivity index (χ3v) is 7.95. The maximum absolute atomic E-state index is 13.7. The van der Waals surface area contributed by atoms with Crippen LogP contribution in [-0.2, 0) is 0 Å². The van der Waals surface area contributed by atoms with Crippen molar-refractivity contribution in [2.75, 3.05) is 0 Å². The summed E-state index contributed by atoms with van der Waals surface area (Å²) in [6.45, 7) is 0. The molecule has 166 valence electrons. The Hall–Kier alpha value is -4.48. The smallest absolute Gasteiger partial charge is 0.148 e. The summed E-state index contributed by atoms with van der Waals surface area (Å²) < 4.78 is 15.8. The molecule has 4 nitrogen and oxygen atoms in total. The van der Waals surface area contributed by atoms with Crippen LogP contribution in [0, 0.1) is 39.8 Å². The fourth-order valence-corrected chi connectivity index (χ4v) is 6.07. The molecule has 4 aromatic rings. The highest BCUT2D eigenvalue weighted by Gasteiger charge is 2.19. The summed E-state index contributed by atoms with van der Waals surface area (Å²) in [6, 6.07) is 23.8. The lowest BCUT2D eigenvalue weighted by molar-refractivity contribution is 0.627. The van der Waals surface area contributed by atoms with Gasteiger partial charge in [0.15, 0.2) is 0 Å². The van der Waals surface area contributed by atoms with Gasteiger partial charge in [0.05, 0.1) is 26.7 Å². The quantitative estimate of drug-likeness (QED) is 0.270. The number of nitrogens with zero attached hydrogens (tertiary/aromatic N) is 4. The van der Waals surface area contributed by atoms with Gasteiger partial charge in [0.1, 0.15) is 29.6 Å².